The molecule has 2 saturated carbocycles. The van der Waals surface area contributed by atoms with E-state index < -0.39 is 5.54 Å². The molecule has 2 fully saturated rings. The van der Waals surface area contributed by atoms with E-state index in [-0.39, 0.29) is 11.2 Å². The maximum atomic E-state index is 11.7. The summed E-state index contributed by atoms with van der Waals surface area (Å²) in [5.41, 5.74) is -0.860. The van der Waals surface area contributed by atoms with Gasteiger partial charge in [-0.15, -0.1) is 0 Å². The average Bonchev–Trinajstić information content (AvgIpc) is 2.38. The van der Waals surface area contributed by atoms with E-state index in [4.69, 9.17) is 0 Å². The number of carbonyl (C=O) groups is 1. The summed E-state index contributed by atoms with van der Waals surface area (Å²) in [6.07, 6.45) is 3.92. The van der Waals surface area contributed by atoms with Crippen molar-refractivity contribution < 1.29 is 9.59 Å². The first-order chi connectivity index (χ1) is 6.04. The fourth-order valence-electron chi connectivity index (χ4n) is 2.99. The molecule has 2 bridgehead atoms. The van der Waals surface area contributed by atoms with Crippen LogP contribution in [0.25, 0.3) is 0 Å². The number of aliphatic imine (C=N–C) groups is 1. The molecule has 70 valence electrons. The molecule has 0 unspecified atom stereocenters. The first kappa shape index (κ1) is 8.64. The van der Waals surface area contributed by atoms with Gasteiger partial charge in [-0.05, 0) is 18.8 Å². The number of isocyanates is 1. The van der Waals surface area contributed by atoms with E-state index in [1.54, 1.807) is 6.08 Å². The van der Waals surface area contributed by atoms with E-state index in [9.17, 15) is 9.59 Å². The van der Waals surface area contributed by atoms with E-state index in [1.165, 1.54) is 0 Å². The first-order valence-electron chi connectivity index (χ1n) is 4.67. The Kier molecular flexibility index (Phi) is 1.53. The molecule has 0 N–H and O–H groups in total. The minimum Gasteiger partial charge on any atom is -0.297 e. The summed E-state index contributed by atoms with van der Waals surface area (Å²) in [5.74, 6) is 0.550. The Balaban J connectivity index is 2.54. The van der Waals surface area contributed by atoms with Crippen LogP contribution in [-0.2, 0) is 9.59 Å². The van der Waals surface area contributed by atoms with Gasteiger partial charge in [-0.3, -0.25) is 4.79 Å². The molecule has 3 heteroatoms. The molecule has 2 atom stereocenters. The number of hydrogen-bond donors (Lipinski definition) is 0. The third-order valence-corrected chi connectivity index (χ3v) is 4.07. The normalized spacial score (nSPS) is 40.5. The third kappa shape index (κ3) is 0.781. The Morgan fingerprint density at radius 3 is 2.62 bits per heavy atom. The highest BCUT2D eigenvalue weighted by Gasteiger charge is 2.64. The van der Waals surface area contributed by atoms with Gasteiger partial charge in [0.1, 0.15) is 5.54 Å². The number of ketones is 1. The van der Waals surface area contributed by atoms with E-state index in [0.717, 1.165) is 12.8 Å². The van der Waals surface area contributed by atoms with Crippen LogP contribution in [0.1, 0.15) is 33.1 Å². The van der Waals surface area contributed by atoms with Gasteiger partial charge in [0, 0.05) is 11.8 Å². The topological polar surface area (TPSA) is 46.5 Å². The molecule has 0 spiro atoms. The fraction of sp³-hybridized carbons (Fsp3) is 0.800. The summed E-state index contributed by atoms with van der Waals surface area (Å²) in [6.45, 7) is 4.08. The van der Waals surface area contributed by atoms with Crippen LogP contribution in [0.2, 0.25) is 0 Å². The number of hydrogen-bond acceptors (Lipinski definition) is 3. The van der Waals surface area contributed by atoms with Crippen molar-refractivity contribution in [2.45, 2.75) is 38.6 Å². The molecule has 0 saturated heterocycles. The predicted molar refractivity (Wildman–Crippen MR) is 47.0 cm³/mol. The Hall–Kier alpha value is -0.950. The lowest BCUT2D eigenvalue weighted by Crippen LogP contribution is -2.41. The molecule has 0 aromatic heterocycles. The highest BCUT2D eigenvalue weighted by atomic mass is 16.1. The lowest BCUT2D eigenvalue weighted by Gasteiger charge is -2.30. The number of nitrogens with zero attached hydrogens (tertiary/aromatic N) is 1. The van der Waals surface area contributed by atoms with Crippen molar-refractivity contribution in [3.8, 4) is 0 Å². The van der Waals surface area contributed by atoms with Gasteiger partial charge in [0.05, 0.1) is 0 Å². The molecule has 2 aliphatic rings. The molecule has 0 aromatic rings. The molecule has 2 aliphatic carbocycles. The van der Waals surface area contributed by atoms with Gasteiger partial charge in [0.15, 0.2) is 5.78 Å². The maximum Gasteiger partial charge on any atom is 0.235 e. The minimum absolute atomic E-state index is 0.136. The van der Waals surface area contributed by atoms with Crippen molar-refractivity contribution in [1.82, 2.24) is 0 Å². The van der Waals surface area contributed by atoms with Gasteiger partial charge in [0.25, 0.3) is 0 Å². The second-order valence-corrected chi connectivity index (χ2v) is 4.65. The van der Waals surface area contributed by atoms with Gasteiger partial charge in [-0.25, -0.2) is 4.79 Å². The summed E-state index contributed by atoms with van der Waals surface area (Å²) >= 11 is 0. The number of carbonyl (C=O) groups excluding carboxylic acids is 2. The van der Waals surface area contributed by atoms with Crippen molar-refractivity contribution in [2.75, 3.05) is 0 Å². The Morgan fingerprint density at radius 1 is 1.54 bits per heavy atom. The molecule has 0 aliphatic heterocycles. The number of rotatable bonds is 1. The summed E-state index contributed by atoms with van der Waals surface area (Å²) in [6, 6.07) is 0. The van der Waals surface area contributed by atoms with E-state index in [1.807, 2.05) is 13.8 Å². The molecule has 0 amide bonds. The zero-order chi connectivity index (χ0) is 9.69. The summed E-state index contributed by atoms with van der Waals surface area (Å²) in [7, 11) is 0. The van der Waals surface area contributed by atoms with Crippen LogP contribution in [0.4, 0.5) is 0 Å². The molecule has 13 heavy (non-hydrogen) atoms. The van der Waals surface area contributed by atoms with Crippen molar-refractivity contribution >= 4 is 11.9 Å². The zero-order valence-corrected chi connectivity index (χ0v) is 7.96. The van der Waals surface area contributed by atoms with Crippen LogP contribution in [0.15, 0.2) is 4.99 Å². The van der Waals surface area contributed by atoms with Crippen molar-refractivity contribution in [1.29, 1.82) is 0 Å². The van der Waals surface area contributed by atoms with E-state index in [0.29, 0.717) is 12.3 Å². The fourth-order valence-corrected chi connectivity index (χ4v) is 2.99. The van der Waals surface area contributed by atoms with Gasteiger partial charge in [-0.2, -0.15) is 4.99 Å². The molecule has 3 nitrogen and oxygen atoms in total. The molecule has 0 heterocycles. The largest absolute Gasteiger partial charge is 0.297 e. The summed E-state index contributed by atoms with van der Waals surface area (Å²) in [4.78, 5) is 25.8. The minimum atomic E-state index is -0.723. The Bertz CT molecular complexity index is 315. The number of Topliss-reactive ketones (excluding diaryl/α,β-unsaturated/α-hetero) is 1. The monoisotopic (exact) mass is 179 g/mol. The SMILES string of the molecule is CC1(C)[C@H]2CC[C@@]1(N=C=O)C(=O)C2. The van der Waals surface area contributed by atoms with Gasteiger partial charge in [0.2, 0.25) is 6.08 Å². The van der Waals surface area contributed by atoms with Crippen LogP contribution in [0.5, 0.6) is 0 Å². The Labute approximate surface area is 77.2 Å². The lowest BCUT2D eigenvalue weighted by molar-refractivity contribution is -0.123. The third-order valence-electron chi connectivity index (χ3n) is 4.07. The van der Waals surface area contributed by atoms with E-state index in [2.05, 4.69) is 4.99 Å². The molecule has 0 radical (unpaired) electrons. The van der Waals surface area contributed by atoms with Crippen LogP contribution in [0.3, 0.4) is 0 Å². The molecular formula is C10H13NO2. The number of fused-ring (bicyclic) bond motifs is 2. The van der Waals surface area contributed by atoms with E-state index >= 15 is 0 Å². The Morgan fingerprint density at radius 2 is 2.23 bits per heavy atom. The first-order valence-corrected chi connectivity index (χ1v) is 4.67. The second-order valence-electron chi connectivity index (χ2n) is 4.65. The smallest absolute Gasteiger partial charge is 0.235 e. The second kappa shape index (κ2) is 2.30. The molecular weight excluding hydrogens is 166 g/mol. The summed E-state index contributed by atoms with van der Waals surface area (Å²) < 4.78 is 0. The van der Waals surface area contributed by atoms with Gasteiger partial charge >= 0.3 is 0 Å². The van der Waals surface area contributed by atoms with Crippen molar-refractivity contribution in [3.05, 3.63) is 0 Å². The van der Waals surface area contributed by atoms with Crippen LogP contribution in [0, 0.1) is 11.3 Å². The molecule has 2 rings (SSSR count). The maximum absolute atomic E-state index is 11.7. The van der Waals surface area contributed by atoms with Crippen LogP contribution >= 0.6 is 0 Å². The van der Waals surface area contributed by atoms with Crippen LogP contribution in [-0.4, -0.2) is 17.4 Å². The van der Waals surface area contributed by atoms with Gasteiger partial charge in [-0.1, -0.05) is 13.8 Å². The summed E-state index contributed by atoms with van der Waals surface area (Å²) in [5, 5.41) is 0. The zero-order valence-electron chi connectivity index (χ0n) is 7.96. The standard InChI is InChI=1S/C10H13NO2/c1-9(2)7-3-4-10(9,11-6-12)8(13)5-7/h7H,3-5H2,1-2H3/t7-,10+/m0/s1. The average molecular weight is 179 g/mol. The lowest BCUT2D eigenvalue weighted by atomic mass is 9.76. The quantitative estimate of drug-likeness (QED) is 0.452. The predicted octanol–water partition coefficient (Wildman–Crippen LogP) is 1.47. The van der Waals surface area contributed by atoms with Gasteiger partial charge < -0.3 is 0 Å². The van der Waals surface area contributed by atoms with Crippen molar-refractivity contribution in [2.24, 2.45) is 16.3 Å². The highest BCUT2D eigenvalue weighted by Crippen LogP contribution is 2.60. The van der Waals surface area contributed by atoms with Crippen molar-refractivity contribution in [3.63, 3.8) is 0 Å². The highest BCUT2D eigenvalue weighted by molar-refractivity contribution is 5.94. The van der Waals surface area contributed by atoms with Crippen LogP contribution < -0.4 is 0 Å². The molecule has 0 aromatic carbocycles.